The largest absolute Gasteiger partial charge is 0.493 e. The Hall–Kier alpha value is -1.10. The van der Waals surface area contributed by atoms with Crippen LogP contribution < -0.4 is 15.4 Å². The van der Waals surface area contributed by atoms with Crippen LogP contribution in [0, 0.1) is 6.92 Å². The molecule has 1 atom stereocenters. The zero-order chi connectivity index (χ0) is 21.5. The highest BCUT2D eigenvalue weighted by molar-refractivity contribution is 14.0. The lowest BCUT2D eigenvalue weighted by Gasteiger charge is -2.21. The Morgan fingerprint density at radius 1 is 1.20 bits per heavy atom. The van der Waals surface area contributed by atoms with Gasteiger partial charge in [0.05, 0.1) is 12.7 Å². The highest BCUT2D eigenvalue weighted by Crippen LogP contribution is 2.20. The van der Waals surface area contributed by atoms with E-state index in [1.165, 1.54) is 5.56 Å². The van der Waals surface area contributed by atoms with E-state index < -0.39 is 0 Å². The van der Waals surface area contributed by atoms with E-state index >= 15 is 0 Å². The Bertz CT molecular complexity index is 600. The second kappa shape index (κ2) is 17.6. The van der Waals surface area contributed by atoms with E-state index in [-0.39, 0.29) is 30.1 Å². The Balaban J connectivity index is 0.00000841. The first kappa shape index (κ1) is 28.9. The molecule has 0 aliphatic carbocycles. The summed E-state index contributed by atoms with van der Waals surface area (Å²) in [6.07, 6.45) is 1.99. The maximum atomic E-state index is 5.97. The van der Waals surface area contributed by atoms with Crippen molar-refractivity contribution >= 4 is 29.9 Å². The van der Waals surface area contributed by atoms with Crippen molar-refractivity contribution in [3.63, 3.8) is 0 Å². The molecular formula is C22H41IN4O3. The SMILES string of the molecule is CCOC(CCN(C)C)CNC(=NC)NCc1ccc(C)cc1OCCCOC.I. The Morgan fingerprint density at radius 2 is 1.97 bits per heavy atom. The first-order valence-corrected chi connectivity index (χ1v) is 10.4. The molecule has 0 aromatic heterocycles. The number of nitrogens with zero attached hydrogens (tertiary/aromatic N) is 2. The van der Waals surface area contributed by atoms with Gasteiger partial charge in [-0.1, -0.05) is 12.1 Å². The lowest BCUT2D eigenvalue weighted by molar-refractivity contribution is 0.0548. The topological polar surface area (TPSA) is 67.4 Å². The van der Waals surface area contributed by atoms with Gasteiger partial charge in [-0.2, -0.15) is 0 Å². The minimum Gasteiger partial charge on any atom is -0.493 e. The van der Waals surface area contributed by atoms with E-state index in [1.807, 2.05) is 6.92 Å². The van der Waals surface area contributed by atoms with Gasteiger partial charge in [0.15, 0.2) is 5.96 Å². The molecule has 0 saturated heterocycles. The molecule has 0 spiro atoms. The van der Waals surface area contributed by atoms with Crippen LogP contribution in [0.15, 0.2) is 23.2 Å². The average molecular weight is 536 g/mol. The van der Waals surface area contributed by atoms with Crippen molar-refractivity contribution in [3.8, 4) is 5.75 Å². The number of nitrogens with one attached hydrogen (secondary N) is 2. The summed E-state index contributed by atoms with van der Waals surface area (Å²) in [5, 5.41) is 6.75. The number of aliphatic imine (C=N–C) groups is 1. The maximum Gasteiger partial charge on any atom is 0.191 e. The molecule has 2 N–H and O–H groups in total. The molecule has 1 unspecified atom stereocenters. The van der Waals surface area contributed by atoms with Crippen molar-refractivity contribution in [1.82, 2.24) is 15.5 Å². The molecule has 1 aromatic carbocycles. The van der Waals surface area contributed by atoms with Crippen molar-refractivity contribution in [2.45, 2.75) is 39.3 Å². The fourth-order valence-electron chi connectivity index (χ4n) is 2.82. The number of benzene rings is 1. The van der Waals surface area contributed by atoms with Crippen LogP contribution in [0.3, 0.4) is 0 Å². The lowest BCUT2D eigenvalue weighted by atomic mass is 10.1. The lowest BCUT2D eigenvalue weighted by Crippen LogP contribution is -2.42. The number of halogens is 1. The molecular weight excluding hydrogens is 495 g/mol. The predicted octanol–water partition coefficient (Wildman–Crippen LogP) is 3.05. The molecule has 7 nitrogen and oxygen atoms in total. The van der Waals surface area contributed by atoms with Crippen molar-refractivity contribution in [2.75, 3.05) is 61.2 Å². The molecule has 0 amide bonds. The number of aryl methyl sites for hydroxylation is 1. The molecule has 0 fully saturated rings. The fourth-order valence-corrected chi connectivity index (χ4v) is 2.82. The first-order valence-electron chi connectivity index (χ1n) is 10.4. The third-order valence-electron chi connectivity index (χ3n) is 4.44. The normalized spacial score (nSPS) is 12.4. The molecule has 0 aliphatic heterocycles. The Labute approximate surface area is 200 Å². The smallest absolute Gasteiger partial charge is 0.191 e. The van der Waals surface area contributed by atoms with Gasteiger partial charge in [0.1, 0.15) is 5.75 Å². The molecule has 0 aliphatic rings. The summed E-state index contributed by atoms with van der Waals surface area (Å²) in [4.78, 5) is 6.51. The summed E-state index contributed by atoms with van der Waals surface area (Å²) in [5.41, 5.74) is 2.28. The second-order valence-electron chi connectivity index (χ2n) is 7.28. The van der Waals surface area contributed by atoms with E-state index in [0.29, 0.717) is 26.4 Å². The molecule has 0 heterocycles. The molecule has 174 valence electrons. The van der Waals surface area contributed by atoms with E-state index in [4.69, 9.17) is 14.2 Å². The average Bonchev–Trinajstić information content (AvgIpc) is 2.70. The Kier molecular flexibility index (Phi) is 16.9. The highest BCUT2D eigenvalue weighted by atomic mass is 127. The number of guanidine groups is 1. The van der Waals surface area contributed by atoms with Crippen LogP contribution in [-0.2, 0) is 16.0 Å². The monoisotopic (exact) mass is 536 g/mol. The fraction of sp³-hybridized carbons (Fsp3) is 0.682. The summed E-state index contributed by atoms with van der Waals surface area (Å²) in [6.45, 7) is 8.49. The van der Waals surface area contributed by atoms with Crippen molar-refractivity contribution in [1.29, 1.82) is 0 Å². The van der Waals surface area contributed by atoms with Crippen LogP contribution in [0.5, 0.6) is 5.75 Å². The van der Waals surface area contributed by atoms with E-state index in [1.54, 1.807) is 14.2 Å². The highest BCUT2D eigenvalue weighted by Gasteiger charge is 2.11. The number of rotatable bonds is 14. The number of hydrogen-bond donors (Lipinski definition) is 2. The standard InChI is InChI=1S/C22H40N4O3.HI/c1-7-28-20(11-12-26(4)5)17-25-22(23-3)24-16-19-10-9-18(2)15-21(19)29-14-8-13-27-6;/h9-10,15,20H,7-8,11-14,16-17H2,1-6H3,(H2,23,24,25);1H. The summed E-state index contributed by atoms with van der Waals surface area (Å²) in [5.74, 6) is 1.66. The summed E-state index contributed by atoms with van der Waals surface area (Å²) in [6, 6.07) is 6.27. The number of methoxy groups -OCH3 is 1. The van der Waals surface area contributed by atoms with E-state index in [0.717, 1.165) is 43.2 Å². The molecule has 8 heteroatoms. The third kappa shape index (κ3) is 12.6. The minimum atomic E-state index is 0. The van der Waals surface area contributed by atoms with Gasteiger partial charge in [-0.15, -0.1) is 24.0 Å². The van der Waals surface area contributed by atoms with Crippen LogP contribution in [0.2, 0.25) is 0 Å². The summed E-state index contributed by atoms with van der Waals surface area (Å²) < 4.78 is 16.9. The van der Waals surface area contributed by atoms with E-state index in [2.05, 4.69) is 59.7 Å². The molecule has 1 rings (SSSR count). The quantitative estimate of drug-likeness (QED) is 0.165. The van der Waals surface area contributed by atoms with Gasteiger partial charge in [-0.05, 0) is 46.0 Å². The molecule has 0 radical (unpaired) electrons. The van der Waals surface area contributed by atoms with Gasteiger partial charge in [-0.25, -0.2) is 0 Å². The zero-order valence-electron chi connectivity index (χ0n) is 19.5. The maximum absolute atomic E-state index is 5.97. The predicted molar refractivity (Wildman–Crippen MR) is 135 cm³/mol. The Morgan fingerprint density at radius 3 is 2.60 bits per heavy atom. The molecule has 1 aromatic rings. The number of hydrogen-bond acceptors (Lipinski definition) is 5. The molecule has 30 heavy (non-hydrogen) atoms. The molecule has 0 saturated carbocycles. The van der Waals surface area contributed by atoms with E-state index in [9.17, 15) is 0 Å². The van der Waals surface area contributed by atoms with Gasteiger partial charge in [-0.3, -0.25) is 4.99 Å². The van der Waals surface area contributed by atoms with Crippen molar-refractivity contribution in [3.05, 3.63) is 29.3 Å². The molecule has 0 bridgehead atoms. The third-order valence-corrected chi connectivity index (χ3v) is 4.44. The van der Waals surface area contributed by atoms with Gasteiger partial charge in [0, 0.05) is 59.0 Å². The summed E-state index contributed by atoms with van der Waals surface area (Å²) >= 11 is 0. The van der Waals surface area contributed by atoms with Crippen LogP contribution in [-0.4, -0.2) is 78.1 Å². The minimum absolute atomic E-state index is 0. The van der Waals surface area contributed by atoms with Crippen molar-refractivity contribution in [2.24, 2.45) is 4.99 Å². The van der Waals surface area contributed by atoms with Crippen LogP contribution >= 0.6 is 24.0 Å². The van der Waals surface area contributed by atoms with Gasteiger partial charge >= 0.3 is 0 Å². The first-order chi connectivity index (χ1) is 14.0. The zero-order valence-corrected chi connectivity index (χ0v) is 21.8. The van der Waals surface area contributed by atoms with Crippen LogP contribution in [0.1, 0.15) is 30.9 Å². The number of ether oxygens (including phenoxy) is 3. The van der Waals surface area contributed by atoms with Crippen LogP contribution in [0.4, 0.5) is 0 Å². The second-order valence-corrected chi connectivity index (χ2v) is 7.28. The van der Waals surface area contributed by atoms with Crippen molar-refractivity contribution < 1.29 is 14.2 Å². The van der Waals surface area contributed by atoms with Gasteiger partial charge in [0.2, 0.25) is 0 Å². The van der Waals surface area contributed by atoms with Crippen LogP contribution in [0.25, 0.3) is 0 Å². The van der Waals surface area contributed by atoms with Gasteiger partial charge in [0.25, 0.3) is 0 Å². The van der Waals surface area contributed by atoms with Gasteiger partial charge < -0.3 is 29.7 Å². The summed E-state index contributed by atoms with van der Waals surface area (Å²) in [7, 11) is 7.64.